The predicted molar refractivity (Wildman–Crippen MR) is 69.4 cm³/mol. The summed E-state index contributed by atoms with van der Waals surface area (Å²) < 4.78 is 0. The molecule has 18 heavy (non-hydrogen) atoms. The molecule has 0 spiro atoms. The molecule has 1 saturated carbocycles. The molecular formula is C13H24N2O3. The molecule has 5 nitrogen and oxygen atoms in total. The normalized spacial score (nSPS) is 18.2. The molecule has 0 aromatic rings. The summed E-state index contributed by atoms with van der Waals surface area (Å²) >= 11 is 0. The van der Waals surface area contributed by atoms with Crippen molar-refractivity contribution in [3.8, 4) is 0 Å². The lowest BCUT2D eigenvalue weighted by atomic mass is 10.0. The van der Waals surface area contributed by atoms with Gasteiger partial charge >= 0.3 is 12.0 Å². The van der Waals surface area contributed by atoms with E-state index in [1.807, 2.05) is 0 Å². The van der Waals surface area contributed by atoms with Gasteiger partial charge in [-0.05, 0) is 30.6 Å². The van der Waals surface area contributed by atoms with Crippen LogP contribution in [0.4, 0.5) is 4.79 Å². The van der Waals surface area contributed by atoms with Gasteiger partial charge in [0.05, 0.1) is 0 Å². The number of rotatable bonds is 7. The highest BCUT2D eigenvalue weighted by molar-refractivity contribution is 5.82. The fraction of sp³-hybridized carbons (Fsp3) is 0.846. The lowest BCUT2D eigenvalue weighted by Gasteiger charge is -2.20. The Morgan fingerprint density at radius 1 is 1.33 bits per heavy atom. The molecular weight excluding hydrogens is 232 g/mol. The Kier molecular flexibility index (Phi) is 4.99. The van der Waals surface area contributed by atoms with Crippen molar-refractivity contribution in [2.24, 2.45) is 11.3 Å². The standard InChI is InChI=1S/C13H24N2O3/c1-4-5-13(6-7-13)8-14-12(18)15-10(9(2)3)11(16)17/h9-10H,4-8H2,1-3H3,(H,16,17)(H2,14,15,18)/t10-/m0/s1. The Morgan fingerprint density at radius 3 is 2.33 bits per heavy atom. The van der Waals surface area contributed by atoms with Crippen molar-refractivity contribution in [2.45, 2.75) is 52.5 Å². The zero-order valence-electron chi connectivity index (χ0n) is 11.5. The number of hydrogen-bond donors (Lipinski definition) is 3. The minimum Gasteiger partial charge on any atom is -0.480 e. The third kappa shape index (κ3) is 4.20. The maximum absolute atomic E-state index is 11.7. The Labute approximate surface area is 108 Å². The van der Waals surface area contributed by atoms with Crippen LogP contribution in [0.3, 0.4) is 0 Å². The first-order valence-electron chi connectivity index (χ1n) is 6.67. The van der Waals surface area contributed by atoms with Crippen molar-refractivity contribution in [1.82, 2.24) is 10.6 Å². The molecule has 0 aliphatic heterocycles. The van der Waals surface area contributed by atoms with E-state index in [1.165, 1.54) is 0 Å². The smallest absolute Gasteiger partial charge is 0.326 e. The number of carbonyl (C=O) groups excluding carboxylic acids is 1. The minimum atomic E-state index is -0.991. The summed E-state index contributed by atoms with van der Waals surface area (Å²) in [5.41, 5.74) is 0.280. The van der Waals surface area contributed by atoms with Gasteiger partial charge in [0.1, 0.15) is 6.04 Å². The highest BCUT2D eigenvalue weighted by atomic mass is 16.4. The molecule has 1 rings (SSSR count). The summed E-state index contributed by atoms with van der Waals surface area (Å²) in [6, 6.07) is -1.20. The van der Waals surface area contributed by atoms with Crippen LogP contribution in [-0.4, -0.2) is 29.7 Å². The van der Waals surface area contributed by atoms with Crippen LogP contribution in [0, 0.1) is 11.3 Å². The summed E-state index contributed by atoms with van der Waals surface area (Å²) in [5, 5.41) is 14.3. The summed E-state index contributed by atoms with van der Waals surface area (Å²) in [5.74, 6) is -1.12. The molecule has 2 amide bonds. The maximum atomic E-state index is 11.7. The van der Waals surface area contributed by atoms with E-state index in [1.54, 1.807) is 13.8 Å². The van der Waals surface area contributed by atoms with E-state index in [2.05, 4.69) is 17.6 Å². The molecule has 1 aliphatic rings. The van der Waals surface area contributed by atoms with Gasteiger partial charge in [0.2, 0.25) is 0 Å². The Bertz CT molecular complexity index is 311. The first-order valence-corrected chi connectivity index (χ1v) is 6.67. The monoisotopic (exact) mass is 256 g/mol. The fourth-order valence-electron chi connectivity index (χ4n) is 2.20. The molecule has 1 fully saturated rings. The number of amides is 2. The summed E-state index contributed by atoms with van der Waals surface area (Å²) in [6.07, 6.45) is 4.56. The van der Waals surface area contributed by atoms with E-state index in [4.69, 9.17) is 5.11 Å². The average Bonchev–Trinajstić information content (AvgIpc) is 3.03. The van der Waals surface area contributed by atoms with Crippen LogP contribution >= 0.6 is 0 Å². The first kappa shape index (κ1) is 14.8. The topological polar surface area (TPSA) is 78.4 Å². The van der Waals surface area contributed by atoms with Gasteiger partial charge in [-0.15, -0.1) is 0 Å². The summed E-state index contributed by atoms with van der Waals surface area (Å²) in [4.78, 5) is 22.6. The fourth-order valence-corrected chi connectivity index (χ4v) is 2.20. The van der Waals surface area contributed by atoms with Gasteiger partial charge < -0.3 is 15.7 Å². The Morgan fingerprint density at radius 2 is 1.94 bits per heavy atom. The van der Waals surface area contributed by atoms with E-state index < -0.39 is 12.0 Å². The van der Waals surface area contributed by atoms with Crippen LogP contribution in [0.2, 0.25) is 0 Å². The van der Waals surface area contributed by atoms with Crippen molar-refractivity contribution in [1.29, 1.82) is 0 Å². The molecule has 0 radical (unpaired) electrons. The van der Waals surface area contributed by atoms with Gasteiger partial charge in [0.15, 0.2) is 0 Å². The average molecular weight is 256 g/mol. The van der Waals surface area contributed by atoms with Crippen LogP contribution in [0.1, 0.15) is 46.5 Å². The van der Waals surface area contributed by atoms with Crippen LogP contribution in [0.15, 0.2) is 0 Å². The highest BCUT2D eigenvalue weighted by Crippen LogP contribution is 2.48. The SMILES string of the molecule is CCCC1(CNC(=O)N[C@H](C(=O)O)C(C)C)CC1. The molecule has 0 aromatic carbocycles. The second kappa shape index (κ2) is 6.07. The maximum Gasteiger partial charge on any atom is 0.326 e. The number of aliphatic carboxylic acids is 1. The number of urea groups is 1. The molecule has 1 aliphatic carbocycles. The van der Waals surface area contributed by atoms with E-state index in [0.29, 0.717) is 6.54 Å². The lowest BCUT2D eigenvalue weighted by molar-refractivity contribution is -0.140. The zero-order chi connectivity index (χ0) is 13.8. The van der Waals surface area contributed by atoms with Crippen molar-refractivity contribution in [3.63, 3.8) is 0 Å². The number of carboxylic acid groups (broad SMARTS) is 1. The zero-order valence-corrected chi connectivity index (χ0v) is 11.5. The first-order chi connectivity index (χ1) is 8.40. The highest BCUT2D eigenvalue weighted by Gasteiger charge is 2.41. The van der Waals surface area contributed by atoms with Gasteiger partial charge in [-0.3, -0.25) is 0 Å². The van der Waals surface area contributed by atoms with Crippen molar-refractivity contribution >= 4 is 12.0 Å². The summed E-state index contributed by atoms with van der Waals surface area (Å²) in [7, 11) is 0. The van der Waals surface area contributed by atoms with Crippen molar-refractivity contribution in [3.05, 3.63) is 0 Å². The molecule has 104 valence electrons. The third-order valence-corrected chi connectivity index (χ3v) is 3.58. The lowest BCUT2D eigenvalue weighted by Crippen LogP contribution is -2.49. The van der Waals surface area contributed by atoms with Gasteiger partial charge in [-0.2, -0.15) is 0 Å². The Balaban J connectivity index is 2.35. The van der Waals surface area contributed by atoms with Gasteiger partial charge in [0.25, 0.3) is 0 Å². The molecule has 3 N–H and O–H groups in total. The molecule has 1 atom stereocenters. The quantitative estimate of drug-likeness (QED) is 0.651. The van der Waals surface area contributed by atoms with E-state index in [9.17, 15) is 9.59 Å². The second-order valence-electron chi connectivity index (χ2n) is 5.64. The van der Waals surface area contributed by atoms with E-state index in [-0.39, 0.29) is 17.4 Å². The Hall–Kier alpha value is -1.26. The number of nitrogens with one attached hydrogen (secondary N) is 2. The predicted octanol–water partition coefficient (Wildman–Crippen LogP) is 1.98. The van der Waals surface area contributed by atoms with E-state index in [0.717, 1.165) is 25.7 Å². The van der Waals surface area contributed by atoms with Gasteiger partial charge in [-0.1, -0.05) is 27.2 Å². The largest absolute Gasteiger partial charge is 0.480 e. The summed E-state index contributed by atoms with van der Waals surface area (Å²) in [6.45, 7) is 6.34. The second-order valence-corrected chi connectivity index (χ2v) is 5.64. The van der Waals surface area contributed by atoms with Crippen LogP contribution < -0.4 is 10.6 Å². The van der Waals surface area contributed by atoms with Crippen molar-refractivity contribution < 1.29 is 14.7 Å². The van der Waals surface area contributed by atoms with Crippen molar-refractivity contribution in [2.75, 3.05) is 6.54 Å². The number of carbonyl (C=O) groups is 2. The molecule has 0 heterocycles. The third-order valence-electron chi connectivity index (χ3n) is 3.58. The number of carboxylic acids is 1. The van der Waals surface area contributed by atoms with Gasteiger partial charge in [-0.25, -0.2) is 9.59 Å². The van der Waals surface area contributed by atoms with Crippen LogP contribution in [0.25, 0.3) is 0 Å². The van der Waals surface area contributed by atoms with Gasteiger partial charge in [0, 0.05) is 6.54 Å². The molecule has 0 aromatic heterocycles. The molecule has 5 heteroatoms. The van der Waals surface area contributed by atoms with Crippen LogP contribution in [-0.2, 0) is 4.79 Å². The minimum absolute atomic E-state index is 0.126. The molecule has 0 saturated heterocycles. The van der Waals surface area contributed by atoms with Crippen LogP contribution in [0.5, 0.6) is 0 Å². The van der Waals surface area contributed by atoms with E-state index >= 15 is 0 Å². The number of hydrogen-bond acceptors (Lipinski definition) is 2. The molecule has 0 bridgehead atoms. The molecule has 0 unspecified atom stereocenters.